The van der Waals surface area contributed by atoms with E-state index in [-0.39, 0.29) is 11.3 Å². The Bertz CT molecular complexity index is 912. The molecule has 2 aromatic rings. The van der Waals surface area contributed by atoms with Crippen molar-refractivity contribution in [1.29, 1.82) is 0 Å². The standard InChI is InChI=1S/C21H22ClN3OS/c1-21-15(12-27-20(23)25-21)4-2-3-14-6-5-13(9-17(14)21)10-19(26)18-8-7-16(22)11-24-18/h5-9,11,15H,2-4,10,12H2,1H3,(H2,23,25)/t15-,21+/m0/s1. The SMILES string of the molecule is C[C@@]12N=C(N)SC[C@@H]1CCCc1ccc(CC(=O)c3ccc(Cl)cn3)cc12. The molecule has 27 heavy (non-hydrogen) atoms. The number of carbonyl (C=O) groups is 1. The van der Waals surface area contributed by atoms with Crippen LogP contribution in [0.4, 0.5) is 0 Å². The normalized spacial score (nSPS) is 24.4. The van der Waals surface area contributed by atoms with Crippen LogP contribution in [-0.2, 0) is 18.4 Å². The Kier molecular flexibility index (Phi) is 4.99. The third-order valence-corrected chi connectivity index (χ3v) is 6.85. The number of aliphatic imine (C=N–C) groups is 1. The Morgan fingerprint density at radius 2 is 2.22 bits per heavy atom. The second-order valence-corrected chi connectivity index (χ2v) is 8.93. The quantitative estimate of drug-likeness (QED) is 0.777. The number of benzene rings is 1. The number of nitrogens with zero attached hydrogens (tertiary/aromatic N) is 2. The van der Waals surface area contributed by atoms with E-state index in [2.05, 4.69) is 30.1 Å². The van der Waals surface area contributed by atoms with Crippen molar-refractivity contribution in [2.24, 2.45) is 16.6 Å². The minimum absolute atomic E-state index is 0.0100. The number of hydrogen-bond acceptors (Lipinski definition) is 5. The highest BCUT2D eigenvalue weighted by atomic mass is 35.5. The summed E-state index contributed by atoms with van der Waals surface area (Å²) in [5.41, 5.74) is 9.75. The predicted molar refractivity (Wildman–Crippen MR) is 112 cm³/mol. The third-order valence-electron chi connectivity index (χ3n) is 5.67. The van der Waals surface area contributed by atoms with Gasteiger partial charge < -0.3 is 5.73 Å². The van der Waals surface area contributed by atoms with Gasteiger partial charge in [0.25, 0.3) is 0 Å². The molecular formula is C21H22ClN3OS. The number of Topliss-reactive ketones (excluding diaryl/α,β-unsaturated/α-hetero) is 1. The topological polar surface area (TPSA) is 68.3 Å². The first kappa shape index (κ1) is 18.5. The molecule has 4 nitrogen and oxygen atoms in total. The number of hydrogen-bond donors (Lipinski definition) is 1. The molecule has 2 heterocycles. The van der Waals surface area contributed by atoms with Crippen LogP contribution in [0.1, 0.15) is 46.9 Å². The van der Waals surface area contributed by atoms with E-state index >= 15 is 0 Å². The van der Waals surface area contributed by atoms with E-state index in [0.717, 1.165) is 30.6 Å². The van der Waals surface area contributed by atoms with E-state index in [4.69, 9.17) is 22.3 Å². The van der Waals surface area contributed by atoms with Crippen LogP contribution in [-0.4, -0.2) is 21.7 Å². The van der Waals surface area contributed by atoms with Gasteiger partial charge in [-0.05, 0) is 60.9 Å². The number of thioether (sulfide) groups is 1. The van der Waals surface area contributed by atoms with Gasteiger partial charge in [0.1, 0.15) is 5.69 Å². The van der Waals surface area contributed by atoms with Crippen molar-refractivity contribution in [1.82, 2.24) is 4.98 Å². The van der Waals surface area contributed by atoms with Crippen LogP contribution in [0.25, 0.3) is 0 Å². The lowest BCUT2D eigenvalue weighted by Crippen LogP contribution is -2.37. The van der Waals surface area contributed by atoms with Gasteiger partial charge in [0.05, 0.1) is 10.6 Å². The van der Waals surface area contributed by atoms with E-state index in [9.17, 15) is 4.79 Å². The van der Waals surface area contributed by atoms with Crippen LogP contribution in [0.15, 0.2) is 41.5 Å². The first-order valence-corrected chi connectivity index (χ1v) is 10.6. The van der Waals surface area contributed by atoms with E-state index in [0.29, 0.717) is 28.2 Å². The van der Waals surface area contributed by atoms with Gasteiger partial charge in [-0.25, -0.2) is 0 Å². The number of ketones is 1. The van der Waals surface area contributed by atoms with E-state index < -0.39 is 0 Å². The average molecular weight is 400 g/mol. The molecule has 0 saturated heterocycles. The van der Waals surface area contributed by atoms with Crippen molar-refractivity contribution in [3.05, 3.63) is 63.9 Å². The van der Waals surface area contributed by atoms with Gasteiger partial charge >= 0.3 is 0 Å². The lowest BCUT2D eigenvalue weighted by molar-refractivity contribution is 0.0988. The van der Waals surface area contributed by atoms with Gasteiger partial charge in [0, 0.05) is 18.4 Å². The summed E-state index contributed by atoms with van der Waals surface area (Å²) in [6, 6.07) is 9.75. The molecule has 1 aliphatic carbocycles. The second kappa shape index (κ2) is 7.28. The van der Waals surface area contributed by atoms with Crippen LogP contribution < -0.4 is 5.73 Å². The summed E-state index contributed by atoms with van der Waals surface area (Å²) in [5, 5.41) is 1.19. The number of nitrogens with two attached hydrogens (primary N) is 1. The molecule has 0 amide bonds. The molecule has 140 valence electrons. The van der Waals surface area contributed by atoms with Gasteiger partial charge in [0.2, 0.25) is 0 Å². The van der Waals surface area contributed by atoms with Crippen molar-refractivity contribution in [3.63, 3.8) is 0 Å². The van der Waals surface area contributed by atoms with Crippen LogP contribution in [0.5, 0.6) is 0 Å². The summed E-state index contributed by atoms with van der Waals surface area (Å²) in [4.78, 5) is 21.6. The molecule has 0 spiro atoms. The van der Waals surface area contributed by atoms with E-state index in [1.807, 2.05) is 0 Å². The number of pyridine rings is 1. The largest absolute Gasteiger partial charge is 0.379 e. The minimum Gasteiger partial charge on any atom is -0.379 e. The molecular weight excluding hydrogens is 378 g/mol. The molecule has 0 radical (unpaired) electrons. The maximum Gasteiger partial charge on any atom is 0.185 e. The van der Waals surface area contributed by atoms with Crippen molar-refractivity contribution in [2.75, 3.05) is 5.75 Å². The van der Waals surface area contributed by atoms with Crippen LogP contribution in [0, 0.1) is 5.92 Å². The monoisotopic (exact) mass is 399 g/mol. The fourth-order valence-electron chi connectivity index (χ4n) is 4.12. The van der Waals surface area contributed by atoms with E-state index in [1.165, 1.54) is 17.3 Å². The lowest BCUT2D eigenvalue weighted by atomic mass is 9.78. The molecule has 2 N–H and O–H groups in total. The number of fused-ring (bicyclic) bond motifs is 3. The number of aryl methyl sites for hydroxylation is 1. The molecule has 4 rings (SSSR count). The fraction of sp³-hybridized carbons (Fsp3) is 0.381. The summed E-state index contributed by atoms with van der Waals surface area (Å²) in [6.45, 7) is 2.20. The molecule has 1 aromatic carbocycles. The second-order valence-electron chi connectivity index (χ2n) is 7.45. The van der Waals surface area contributed by atoms with Crippen molar-refractivity contribution < 1.29 is 4.79 Å². The van der Waals surface area contributed by atoms with Crippen molar-refractivity contribution in [2.45, 2.75) is 38.1 Å². The van der Waals surface area contributed by atoms with Gasteiger partial charge in [-0.1, -0.05) is 41.6 Å². The number of halogens is 1. The highest BCUT2D eigenvalue weighted by Crippen LogP contribution is 2.45. The highest BCUT2D eigenvalue weighted by Gasteiger charge is 2.41. The summed E-state index contributed by atoms with van der Waals surface area (Å²) < 4.78 is 0. The van der Waals surface area contributed by atoms with Gasteiger partial charge in [-0.3, -0.25) is 14.8 Å². The first-order valence-electron chi connectivity index (χ1n) is 9.21. The molecule has 0 bridgehead atoms. The van der Waals surface area contributed by atoms with Crippen molar-refractivity contribution in [3.8, 4) is 0 Å². The molecule has 1 aliphatic heterocycles. The molecule has 1 aromatic heterocycles. The smallest absolute Gasteiger partial charge is 0.185 e. The molecule has 0 saturated carbocycles. The van der Waals surface area contributed by atoms with E-state index in [1.54, 1.807) is 23.9 Å². The Balaban J connectivity index is 1.68. The average Bonchev–Trinajstić information content (AvgIpc) is 2.78. The van der Waals surface area contributed by atoms with Crippen LogP contribution in [0.2, 0.25) is 5.02 Å². The maximum absolute atomic E-state index is 12.6. The zero-order valence-electron chi connectivity index (χ0n) is 15.2. The summed E-state index contributed by atoms with van der Waals surface area (Å²) in [6.07, 6.45) is 5.19. The van der Waals surface area contributed by atoms with Gasteiger partial charge in [-0.15, -0.1) is 0 Å². The molecule has 6 heteroatoms. The Morgan fingerprint density at radius 1 is 1.37 bits per heavy atom. The fourth-order valence-corrected chi connectivity index (χ4v) is 5.35. The number of carbonyl (C=O) groups excluding carboxylic acids is 1. The van der Waals surface area contributed by atoms with Gasteiger partial charge in [-0.2, -0.15) is 0 Å². The Labute approximate surface area is 168 Å². The van der Waals surface area contributed by atoms with Crippen molar-refractivity contribution >= 4 is 34.3 Å². The lowest BCUT2D eigenvalue weighted by Gasteiger charge is -2.37. The Hall–Kier alpha value is -1.85. The minimum atomic E-state index is -0.307. The first-order chi connectivity index (χ1) is 13.0. The number of rotatable bonds is 3. The number of amidine groups is 1. The summed E-state index contributed by atoms with van der Waals surface area (Å²) in [5.74, 6) is 1.47. The third kappa shape index (κ3) is 3.63. The maximum atomic E-state index is 12.6. The summed E-state index contributed by atoms with van der Waals surface area (Å²) in [7, 11) is 0. The molecule has 0 fully saturated rings. The highest BCUT2D eigenvalue weighted by molar-refractivity contribution is 8.13. The van der Waals surface area contributed by atoms with Gasteiger partial charge in [0.15, 0.2) is 11.0 Å². The molecule has 2 aliphatic rings. The zero-order chi connectivity index (χ0) is 19.0. The van der Waals surface area contributed by atoms with Crippen LogP contribution >= 0.6 is 23.4 Å². The summed E-state index contributed by atoms with van der Waals surface area (Å²) >= 11 is 7.52. The molecule has 0 unspecified atom stereocenters. The molecule has 2 atom stereocenters. The Morgan fingerprint density at radius 3 is 3.00 bits per heavy atom. The zero-order valence-corrected chi connectivity index (χ0v) is 16.8. The number of aromatic nitrogens is 1. The van der Waals surface area contributed by atoms with Crippen LogP contribution in [0.3, 0.4) is 0 Å². The predicted octanol–water partition coefficient (Wildman–Crippen LogP) is 4.39.